The molecule has 9 heteroatoms. The van der Waals surface area contributed by atoms with E-state index in [0.717, 1.165) is 50.1 Å². The van der Waals surface area contributed by atoms with Crippen molar-refractivity contribution in [1.82, 2.24) is 9.80 Å². The molecule has 2 saturated heterocycles. The molecule has 2 fully saturated rings. The first kappa shape index (κ1) is 28.1. The van der Waals surface area contributed by atoms with Crippen LogP contribution in [0.15, 0.2) is 18.2 Å². The van der Waals surface area contributed by atoms with Gasteiger partial charge in [-0.1, -0.05) is 6.07 Å². The SMILES string of the molecule is CC(C)(C)OC(=O)Nc1cc(CN)ccc1NC1CCN(C2(C)CCN(C(=O)OC(C)(C)C)C2)CC1. The molecule has 2 aliphatic heterocycles. The Morgan fingerprint density at radius 2 is 1.67 bits per heavy atom. The van der Waals surface area contributed by atoms with Gasteiger partial charge >= 0.3 is 12.2 Å². The number of benzene rings is 1. The summed E-state index contributed by atoms with van der Waals surface area (Å²) >= 11 is 0. The van der Waals surface area contributed by atoms with Gasteiger partial charge in [0.15, 0.2) is 0 Å². The lowest BCUT2D eigenvalue weighted by molar-refractivity contribution is 0.0232. The molecular weight excluding hydrogens is 458 g/mol. The number of hydrogen-bond donors (Lipinski definition) is 3. The van der Waals surface area contributed by atoms with Crippen LogP contribution in [0.3, 0.4) is 0 Å². The maximum absolute atomic E-state index is 12.5. The number of rotatable bonds is 5. The highest BCUT2D eigenvalue weighted by Crippen LogP contribution is 2.33. The summed E-state index contributed by atoms with van der Waals surface area (Å²) in [6, 6.07) is 6.11. The highest BCUT2D eigenvalue weighted by Gasteiger charge is 2.42. The lowest BCUT2D eigenvalue weighted by atomic mass is 9.93. The molecule has 1 aromatic carbocycles. The van der Waals surface area contributed by atoms with E-state index >= 15 is 0 Å². The van der Waals surface area contributed by atoms with E-state index in [0.29, 0.717) is 18.8 Å². The Kier molecular flexibility index (Phi) is 8.45. The number of nitrogens with one attached hydrogen (secondary N) is 2. The molecule has 2 heterocycles. The minimum Gasteiger partial charge on any atom is -0.444 e. The summed E-state index contributed by atoms with van der Waals surface area (Å²) < 4.78 is 11.0. The van der Waals surface area contributed by atoms with Crippen LogP contribution in [-0.4, -0.2) is 70.9 Å². The van der Waals surface area contributed by atoms with Crippen molar-refractivity contribution in [3.05, 3.63) is 23.8 Å². The molecule has 0 aromatic heterocycles. The zero-order valence-corrected chi connectivity index (χ0v) is 23.1. The van der Waals surface area contributed by atoms with Crippen molar-refractivity contribution >= 4 is 23.6 Å². The first-order valence-electron chi connectivity index (χ1n) is 13.0. The Bertz CT molecular complexity index is 931. The van der Waals surface area contributed by atoms with Gasteiger partial charge in [-0.05, 0) is 85.4 Å². The van der Waals surface area contributed by atoms with E-state index in [1.807, 2.05) is 64.6 Å². The normalized spacial score (nSPS) is 21.8. The number of nitrogens with zero attached hydrogens (tertiary/aromatic N) is 2. The zero-order chi connectivity index (χ0) is 26.7. The van der Waals surface area contributed by atoms with E-state index in [-0.39, 0.29) is 17.7 Å². The van der Waals surface area contributed by atoms with Crippen molar-refractivity contribution in [3.63, 3.8) is 0 Å². The molecule has 2 aliphatic rings. The number of ether oxygens (including phenoxy) is 2. The van der Waals surface area contributed by atoms with Gasteiger partial charge in [-0.25, -0.2) is 9.59 Å². The summed E-state index contributed by atoms with van der Waals surface area (Å²) in [6.07, 6.45) is 2.15. The van der Waals surface area contributed by atoms with E-state index in [9.17, 15) is 9.59 Å². The molecule has 1 unspecified atom stereocenters. The Balaban J connectivity index is 1.59. The number of amides is 2. The van der Waals surface area contributed by atoms with Gasteiger partial charge in [0, 0.05) is 44.3 Å². The standard InChI is InChI=1S/C27H45N5O4/c1-25(2,3)35-23(33)30-22-16-19(17-28)8-9-21(22)29-20-10-13-32(14-11-20)27(7)12-15-31(18-27)24(34)36-26(4,5)6/h8-9,16,20,29H,10-15,17-18,28H2,1-7H3,(H,30,33). The predicted octanol–water partition coefficient (Wildman–Crippen LogP) is 4.77. The van der Waals surface area contributed by atoms with E-state index < -0.39 is 17.3 Å². The van der Waals surface area contributed by atoms with E-state index in [2.05, 4.69) is 22.5 Å². The van der Waals surface area contributed by atoms with Crippen LogP contribution < -0.4 is 16.4 Å². The zero-order valence-electron chi connectivity index (χ0n) is 23.1. The Hall–Kier alpha value is -2.52. The fourth-order valence-electron chi connectivity index (χ4n) is 4.83. The lowest BCUT2D eigenvalue weighted by Gasteiger charge is -2.43. The Morgan fingerprint density at radius 1 is 1.03 bits per heavy atom. The summed E-state index contributed by atoms with van der Waals surface area (Å²) in [7, 11) is 0. The van der Waals surface area contributed by atoms with Crippen LogP contribution in [0.2, 0.25) is 0 Å². The first-order chi connectivity index (χ1) is 16.7. The highest BCUT2D eigenvalue weighted by molar-refractivity contribution is 5.90. The van der Waals surface area contributed by atoms with E-state index in [1.54, 1.807) is 0 Å². The van der Waals surface area contributed by atoms with Gasteiger partial charge in [0.2, 0.25) is 0 Å². The van der Waals surface area contributed by atoms with Crippen molar-refractivity contribution in [3.8, 4) is 0 Å². The second-order valence-corrected chi connectivity index (χ2v) is 12.3. The number of piperidine rings is 1. The predicted molar refractivity (Wildman–Crippen MR) is 143 cm³/mol. The molecule has 0 saturated carbocycles. The Morgan fingerprint density at radius 3 is 2.25 bits per heavy atom. The van der Waals surface area contributed by atoms with Crippen LogP contribution >= 0.6 is 0 Å². The quantitative estimate of drug-likeness (QED) is 0.531. The summed E-state index contributed by atoms with van der Waals surface area (Å²) in [4.78, 5) is 29.3. The van der Waals surface area contributed by atoms with Crippen molar-refractivity contribution in [2.45, 2.75) is 97.1 Å². The molecular formula is C27H45N5O4. The smallest absolute Gasteiger partial charge is 0.412 e. The van der Waals surface area contributed by atoms with Crippen molar-refractivity contribution in [1.29, 1.82) is 0 Å². The van der Waals surface area contributed by atoms with E-state index in [1.165, 1.54) is 0 Å². The van der Waals surface area contributed by atoms with Crippen LogP contribution in [0.4, 0.5) is 21.0 Å². The molecule has 0 radical (unpaired) electrons. The van der Waals surface area contributed by atoms with Gasteiger partial charge in [-0.3, -0.25) is 10.2 Å². The Labute approximate surface area is 216 Å². The number of carbonyl (C=O) groups excluding carboxylic acids is 2. The van der Waals surface area contributed by atoms with Crippen LogP contribution in [0.5, 0.6) is 0 Å². The van der Waals surface area contributed by atoms with Gasteiger partial charge < -0.3 is 25.4 Å². The van der Waals surface area contributed by atoms with Crippen LogP contribution in [0.25, 0.3) is 0 Å². The number of anilines is 2. The fourth-order valence-corrected chi connectivity index (χ4v) is 4.83. The maximum atomic E-state index is 12.5. The molecule has 0 aliphatic carbocycles. The average molecular weight is 504 g/mol. The number of likely N-dealkylation sites (tertiary alicyclic amines) is 2. The molecule has 2 amide bonds. The molecule has 36 heavy (non-hydrogen) atoms. The van der Waals surface area contributed by atoms with Crippen molar-refractivity contribution in [2.24, 2.45) is 5.73 Å². The first-order valence-corrected chi connectivity index (χ1v) is 13.0. The molecule has 3 rings (SSSR count). The number of nitrogens with two attached hydrogens (primary N) is 1. The second kappa shape index (κ2) is 10.8. The number of hydrogen-bond acceptors (Lipinski definition) is 7. The average Bonchev–Trinajstić information content (AvgIpc) is 3.16. The van der Waals surface area contributed by atoms with E-state index in [4.69, 9.17) is 15.2 Å². The number of carbonyl (C=O) groups is 2. The fraction of sp³-hybridized carbons (Fsp3) is 0.704. The largest absolute Gasteiger partial charge is 0.444 e. The third-order valence-corrected chi connectivity index (χ3v) is 6.68. The molecule has 202 valence electrons. The molecule has 0 bridgehead atoms. The van der Waals surface area contributed by atoms with Gasteiger partial charge in [0.1, 0.15) is 11.2 Å². The van der Waals surface area contributed by atoms with Gasteiger partial charge in [0.05, 0.1) is 11.4 Å². The third kappa shape index (κ3) is 7.74. The monoisotopic (exact) mass is 503 g/mol. The molecule has 4 N–H and O–H groups in total. The lowest BCUT2D eigenvalue weighted by Crippen LogP contribution is -2.53. The third-order valence-electron chi connectivity index (χ3n) is 6.68. The van der Waals surface area contributed by atoms with Crippen molar-refractivity contribution < 1.29 is 19.1 Å². The molecule has 1 atom stereocenters. The summed E-state index contributed by atoms with van der Waals surface area (Å²) in [5.41, 5.74) is 7.19. The highest BCUT2D eigenvalue weighted by atomic mass is 16.6. The molecule has 0 spiro atoms. The summed E-state index contributed by atoms with van der Waals surface area (Å²) in [5.74, 6) is 0. The minimum absolute atomic E-state index is 0.0475. The van der Waals surface area contributed by atoms with Crippen LogP contribution in [0.1, 0.15) is 73.3 Å². The summed E-state index contributed by atoms with van der Waals surface area (Å²) in [6.45, 7) is 17.1. The van der Waals surface area contributed by atoms with Crippen LogP contribution in [0, 0.1) is 0 Å². The van der Waals surface area contributed by atoms with Gasteiger partial charge in [-0.2, -0.15) is 0 Å². The molecule has 1 aromatic rings. The second-order valence-electron chi connectivity index (χ2n) is 12.3. The van der Waals surface area contributed by atoms with Gasteiger partial charge in [-0.15, -0.1) is 0 Å². The summed E-state index contributed by atoms with van der Waals surface area (Å²) in [5, 5.41) is 6.51. The minimum atomic E-state index is -0.578. The van der Waals surface area contributed by atoms with Gasteiger partial charge in [0.25, 0.3) is 0 Å². The maximum Gasteiger partial charge on any atom is 0.412 e. The topological polar surface area (TPSA) is 109 Å². The molecule has 9 nitrogen and oxygen atoms in total. The van der Waals surface area contributed by atoms with Crippen molar-refractivity contribution in [2.75, 3.05) is 36.8 Å². The van der Waals surface area contributed by atoms with Crippen LogP contribution in [-0.2, 0) is 16.0 Å².